The number of nitrogens with one attached hydrogen (secondary N) is 1. The number of anilines is 1. The molecule has 2 unspecified atom stereocenters. The van der Waals surface area contributed by atoms with Crippen molar-refractivity contribution >= 4 is 11.6 Å². The standard InChI is InChI=1S/C37H42N4O2/c1-4-6-7-30-19-28-20-31(43-3)12-13-32(28)35(41(30)36(42)33-14-15-38-34(5-2)39-33)27-8-10-29(11-9-27)40-37-21-24-16-25(22-37)18-26(17-24)23-37/h2,8-15,20,24-26,30,35,40H,4,6-7,16-19,21-23H2,1,3H3. The molecular weight excluding hydrogens is 532 g/mol. The third-order valence-electron chi connectivity index (χ3n) is 10.6. The number of hydrogen-bond donors (Lipinski definition) is 1. The Morgan fingerprint density at radius 1 is 1.07 bits per heavy atom. The van der Waals surface area contributed by atoms with E-state index >= 15 is 0 Å². The molecule has 1 amide bonds. The second-order valence-corrected chi connectivity index (χ2v) is 13.5. The van der Waals surface area contributed by atoms with E-state index in [9.17, 15) is 4.79 Å². The second kappa shape index (κ2) is 11.3. The number of methoxy groups -OCH3 is 1. The number of aromatic nitrogens is 2. The highest BCUT2D eigenvalue weighted by atomic mass is 16.5. The van der Waals surface area contributed by atoms with Crippen molar-refractivity contribution in [1.29, 1.82) is 0 Å². The van der Waals surface area contributed by atoms with Gasteiger partial charge in [0.05, 0.1) is 13.2 Å². The summed E-state index contributed by atoms with van der Waals surface area (Å²) in [6, 6.07) is 16.6. The van der Waals surface area contributed by atoms with Gasteiger partial charge >= 0.3 is 0 Å². The van der Waals surface area contributed by atoms with E-state index in [0.717, 1.165) is 60.3 Å². The summed E-state index contributed by atoms with van der Waals surface area (Å²) in [6.07, 6.45) is 19.2. The maximum atomic E-state index is 14.4. The molecule has 1 aliphatic heterocycles. The number of ether oxygens (including phenoxy) is 1. The van der Waals surface area contributed by atoms with Gasteiger partial charge in [0.25, 0.3) is 5.91 Å². The third kappa shape index (κ3) is 5.28. The molecule has 3 aromatic rings. The zero-order valence-electron chi connectivity index (χ0n) is 25.4. The van der Waals surface area contributed by atoms with Gasteiger partial charge in [-0.05, 0) is 122 Å². The van der Waals surface area contributed by atoms with Crippen molar-refractivity contribution in [3.63, 3.8) is 0 Å². The predicted molar refractivity (Wildman–Crippen MR) is 169 cm³/mol. The molecular formula is C37H42N4O2. The summed E-state index contributed by atoms with van der Waals surface area (Å²) in [4.78, 5) is 25.0. The van der Waals surface area contributed by atoms with Gasteiger partial charge in [-0.25, -0.2) is 9.97 Å². The molecule has 0 radical (unpaired) electrons. The SMILES string of the molecule is C#Cc1nccc(C(=O)N2C(CCCC)Cc3cc(OC)ccc3C2c2ccc(NC34CC5CC(CC(C5)C3)C4)cc2)n1. The van der Waals surface area contributed by atoms with Crippen LogP contribution in [0.25, 0.3) is 0 Å². The normalized spacial score (nSPS) is 28.7. The molecule has 1 aromatic heterocycles. The Morgan fingerprint density at radius 2 is 1.79 bits per heavy atom. The van der Waals surface area contributed by atoms with Crippen molar-refractivity contribution in [1.82, 2.24) is 14.9 Å². The Hall–Kier alpha value is -3.85. The Balaban J connectivity index is 1.26. The van der Waals surface area contributed by atoms with Crippen molar-refractivity contribution < 1.29 is 9.53 Å². The molecule has 4 bridgehead atoms. The zero-order chi connectivity index (χ0) is 29.6. The summed E-state index contributed by atoms with van der Waals surface area (Å²) in [5.41, 5.74) is 5.24. The number of fused-ring (bicyclic) bond motifs is 1. The van der Waals surface area contributed by atoms with E-state index in [2.05, 4.69) is 69.4 Å². The fourth-order valence-corrected chi connectivity index (χ4v) is 9.17. The third-order valence-corrected chi connectivity index (χ3v) is 10.6. The molecule has 0 spiro atoms. The number of hydrogen-bond acceptors (Lipinski definition) is 5. The highest BCUT2D eigenvalue weighted by Crippen LogP contribution is 2.56. The Bertz CT molecular complexity index is 1510. The summed E-state index contributed by atoms with van der Waals surface area (Å²) < 4.78 is 5.61. The molecule has 43 heavy (non-hydrogen) atoms. The average Bonchev–Trinajstić information content (AvgIpc) is 3.02. The Kier molecular flexibility index (Phi) is 7.37. The van der Waals surface area contributed by atoms with Crippen LogP contribution in [0, 0.1) is 30.1 Å². The Morgan fingerprint density at radius 3 is 2.44 bits per heavy atom. The molecule has 1 N–H and O–H groups in total. The number of amides is 1. The van der Waals surface area contributed by atoms with Gasteiger partial charge in [-0.3, -0.25) is 4.79 Å². The highest BCUT2D eigenvalue weighted by Gasteiger charge is 2.51. The van der Waals surface area contributed by atoms with Crippen molar-refractivity contribution in [3.05, 3.63) is 82.9 Å². The molecule has 2 heterocycles. The molecule has 8 rings (SSSR count). The minimum absolute atomic E-state index is 0.0196. The Labute approximate surface area is 255 Å². The molecule has 2 aromatic carbocycles. The maximum Gasteiger partial charge on any atom is 0.273 e. The number of terminal acetylenes is 1. The predicted octanol–water partition coefficient (Wildman–Crippen LogP) is 7.19. The number of nitrogens with zero attached hydrogens (tertiary/aromatic N) is 3. The number of unbranched alkanes of at least 4 members (excludes halogenated alkanes) is 1. The molecule has 4 saturated carbocycles. The minimum Gasteiger partial charge on any atom is -0.497 e. The monoisotopic (exact) mass is 574 g/mol. The van der Waals surface area contributed by atoms with E-state index in [4.69, 9.17) is 11.2 Å². The molecule has 0 saturated heterocycles. The lowest BCUT2D eigenvalue weighted by molar-refractivity contribution is 0.0107. The average molecular weight is 575 g/mol. The smallest absolute Gasteiger partial charge is 0.273 e. The van der Waals surface area contributed by atoms with E-state index in [0.29, 0.717) is 5.69 Å². The number of benzene rings is 2. The van der Waals surface area contributed by atoms with E-state index in [1.54, 1.807) is 19.4 Å². The summed E-state index contributed by atoms with van der Waals surface area (Å²) in [5, 5.41) is 4.03. The number of carbonyl (C=O) groups is 1. The molecule has 4 aliphatic carbocycles. The first-order valence-electron chi connectivity index (χ1n) is 16.1. The summed E-state index contributed by atoms with van der Waals surface area (Å²) in [7, 11) is 1.71. The van der Waals surface area contributed by atoms with Gasteiger partial charge < -0.3 is 15.0 Å². The van der Waals surface area contributed by atoms with E-state index < -0.39 is 0 Å². The van der Waals surface area contributed by atoms with Crippen LogP contribution in [0.2, 0.25) is 0 Å². The molecule has 6 nitrogen and oxygen atoms in total. The minimum atomic E-state index is -0.248. The molecule has 4 fully saturated rings. The summed E-state index contributed by atoms with van der Waals surface area (Å²) in [6.45, 7) is 2.20. The van der Waals surface area contributed by atoms with Gasteiger partial charge in [-0.2, -0.15) is 0 Å². The molecule has 222 valence electrons. The maximum absolute atomic E-state index is 14.4. The number of carbonyl (C=O) groups excluding carboxylic acids is 1. The van der Waals surface area contributed by atoms with Crippen LogP contribution < -0.4 is 10.1 Å². The van der Waals surface area contributed by atoms with Crippen molar-refractivity contribution in [3.8, 4) is 18.1 Å². The fraction of sp³-hybridized carbons (Fsp3) is 0.486. The largest absolute Gasteiger partial charge is 0.497 e. The van der Waals surface area contributed by atoms with Crippen LogP contribution in [-0.4, -0.2) is 39.5 Å². The van der Waals surface area contributed by atoms with Gasteiger partial charge in [0, 0.05) is 23.5 Å². The number of rotatable bonds is 8. The van der Waals surface area contributed by atoms with Crippen LogP contribution in [0.4, 0.5) is 5.69 Å². The van der Waals surface area contributed by atoms with Crippen LogP contribution in [0.15, 0.2) is 54.7 Å². The van der Waals surface area contributed by atoms with Gasteiger partial charge in [0.15, 0.2) is 0 Å². The molecule has 2 atom stereocenters. The van der Waals surface area contributed by atoms with Gasteiger partial charge in [-0.15, -0.1) is 6.42 Å². The first-order chi connectivity index (χ1) is 21.0. The lowest BCUT2D eigenvalue weighted by atomic mass is 9.53. The van der Waals surface area contributed by atoms with Crippen LogP contribution in [-0.2, 0) is 6.42 Å². The van der Waals surface area contributed by atoms with E-state index in [1.165, 1.54) is 49.8 Å². The van der Waals surface area contributed by atoms with Crippen LogP contribution >= 0.6 is 0 Å². The van der Waals surface area contributed by atoms with E-state index in [-0.39, 0.29) is 29.4 Å². The van der Waals surface area contributed by atoms with Crippen LogP contribution in [0.1, 0.15) is 104 Å². The van der Waals surface area contributed by atoms with Crippen molar-refractivity contribution in [2.45, 2.75) is 88.8 Å². The second-order valence-electron chi connectivity index (χ2n) is 13.5. The summed E-state index contributed by atoms with van der Waals surface area (Å²) >= 11 is 0. The van der Waals surface area contributed by atoms with Gasteiger partial charge in [0.1, 0.15) is 11.4 Å². The summed E-state index contributed by atoms with van der Waals surface area (Å²) in [5.74, 6) is 6.13. The molecule has 6 heteroatoms. The van der Waals surface area contributed by atoms with E-state index in [1.807, 2.05) is 6.07 Å². The highest BCUT2D eigenvalue weighted by molar-refractivity contribution is 5.93. The lowest BCUT2D eigenvalue weighted by Crippen LogP contribution is -2.54. The van der Waals surface area contributed by atoms with Crippen molar-refractivity contribution in [2.75, 3.05) is 12.4 Å². The van der Waals surface area contributed by atoms with Crippen LogP contribution in [0.5, 0.6) is 5.75 Å². The fourth-order valence-electron chi connectivity index (χ4n) is 9.17. The van der Waals surface area contributed by atoms with Crippen LogP contribution in [0.3, 0.4) is 0 Å². The van der Waals surface area contributed by atoms with Crippen molar-refractivity contribution in [2.24, 2.45) is 17.8 Å². The zero-order valence-corrected chi connectivity index (χ0v) is 25.4. The first kappa shape index (κ1) is 28.0. The quantitative estimate of drug-likeness (QED) is 0.288. The lowest BCUT2D eigenvalue weighted by Gasteiger charge is -2.57. The molecule has 5 aliphatic rings. The topological polar surface area (TPSA) is 67.4 Å². The first-order valence-corrected chi connectivity index (χ1v) is 16.1. The van der Waals surface area contributed by atoms with Gasteiger partial charge in [-0.1, -0.05) is 38.0 Å². The van der Waals surface area contributed by atoms with Gasteiger partial charge in [0.2, 0.25) is 5.82 Å².